The summed E-state index contributed by atoms with van der Waals surface area (Å²) in [6.45, 7) is 15.8. The third-order valence-electron chi connectivity index (χ3n) is 14.5. The molecule has 0 aromatic heterocycles. The lowest BCUT2D eigenvalue weighted by Crippen LogP contribution is -2.40. The zero-order valence-corrected chi connectivity index (χ0v) is 51.7. The van der Waals surface area contributed by atoms with Gasteiger partial charge in [-0.2, -0.15) is 0 Å². The average molecular weight is 1260 g/mol. The van der Waals surface area contributed by atoms with Crippen LogP contribution in [0.4, 0.5) is 0 Å². The minimum Gasteiger partial charge on any atom is -0.335 e. The Morgan fingerprint density at radius 2 is 0.831 bits per heavy atom. The number of hydrogen-bond acceptors (Lipinski definition) is 6. The van der Waals surface area contributed by atoms with Crippen molar-refractivity contribution in [3.05, 3.63) is 194 Å². The van der Waals surface area contributed by atoms with Gasteiger partial charge < -0.3 is 14.7 Å². The van der Waals surface area contributed by atoms with Gasteiger partial charge in [-0.25, -0.2) is 8.42 Å². The number of rotatable bonds is 10. The lowest BCUT2D eigenvalue weighted by atomic mass is 9.93. The molecule has 17 heteroatoms. The average Bonchev–Trinajstić information content (AvgIpc) is 3.39. The first-order valence-electron chi connectivity index (χ1n) is 25.6. The highest BCUT2D eigenvalue weighted by molar-refractivity contribution is 9.10. The second kappa shape index (κ2) is 26.7. The smallest absolute Gasteiger partial charge is 0.227 e. The lowest BCUT2D eigenvalue weighted by molar-refractivity contribution is -0.133. The Morgan fingerprint density at radius 3 is 1.22 bits per heavy atom. The Hall–Kier alpha value is -3.75. The molecular weight excluding hydrogens is 1200 g/mol. The molecule has 0 bridgehead atoms. The van der Waals surface area contributed by atoms with Crippen LogP contribution in [0, 0.1) is 0 Å². The van der Waals surface area contributed by atoms with Gasteiger partial charge in [0.05, 0.1) is 47.5 Å². The molecule has 0 radical (unpaired) electrons. The molecule has 6 aromatic rings. The van der Waals surface area contributed by atoms with Crippen LogP contribution in [0.3, 0.4) is 0 Å². The monoisotopic (exact) mass is 1260 g/mol. The number of benzene rings is 6. The first-order chi connectivity index (χ1) is 36.5. The van der Waals surface area contributed by atoms with Crippen LogP contribution < -0.4 is 0 Å². The molecule has 0 N–H and O–H groups in total. The highest BCUT2D eigenvalue weighted by Gasteiger charge is 2.34. The molecule has 3 atom stereocenters. The highest BCUT2D eigenvalue weighted by Crippen LogP contribution is 2.40. The fourth-order valence-corrected chi connectivity index (χ4v) is 14.8. The quantitative estimate of drug-likeness (QED) is 0.127. The number of hydrogen-bond donors (Lipinski definition) is 0. The summed E-state index contributed by atoms with van der Waals surface area (Å²) in [5.74, 6) is 0.0449. The number of sulfone groups is 1. The molecule has 3 amide bonds. The Balaban J connectivity index is 0.000000169. The summed E-state index contributed by atoms with van der Waals surface area (Å²) in [7, 11) is -3.38. The van der Waals surface area contributed by atoms with Crippen molar-refractivity contribution in [3.63, 3.8) is 0 Å². The Labute approximate surface area is 497 Å². The predicted molar refractivity (Wildman–Crippen MR) is 322 cm³/mol. The summed E-state index contributed by atoms with van der Waals surface area (Å²) in [6, 6.07) is 33.6. The number of fused-ring (bicyclic) bond motifs is 3. The number of thioether (sulfide) groups is 1. The molecule has 3 aliphatic rings. The molecule has 9 rings (SSSR count). The van der Waals surface area contributed by atoms with Crippen molar-refractivity contribution in [2.75, 3.05) is 19.6 Å². The van der Waals surface area contributed by atoms with Crippen molar-refractivity contribution in [3.8, 4) is 0 Å². The highest BCUT2D eigenvalue weighted by atomic mass is 79.9. The first kappa shape index (κ1) is 60.9. The van der Waals surface area contributed by atoms with Crippen molar-refractivity contribution < 1.29 is 22.8 Å². The third-order valence-corrected chi connectivity index (χ3v) is 20.7. The number of nitrogens with zero attached hydrogens (tertiary/aromatic N) is 3. The fraction of sp³-hybridized carbons (Fsp3) is 0.350. The maximum absolute atomic E-state index is 13.0. The molecule has 0 fully saturated rings. The lowest BCUT2D eigenvalue weighted by Gasteiger charge is -2.36. The summed E-state index contributed by atoms with van der Waals surface area (Å²) in [6.07, 6.45) is 2.82. The van der Waals surface area contributed by atoms with E-state index in [2.05, 4.69) is 67.9 Å². The normalized spacial score (nSPS) is 16.9. The SMILES string of the molecule is CC(C)S(=O)(=O)c1cccc2c1CCN(C(=O)Cc1c(Cl)cccc1Cl)[C@H]2C.CC(C)Sc1cccc2c1CCN(C(=O)Cc1c(Cl)cccc1Cl)[C@H]2C.C[C@H]1c2cccc(Br)c2CCN1C(=O)Cc1c(Cl)cccc1Cl. The molecule has 0 aliphatic carbocycles. The second-order valence-corrected chi connectivity index (χ2v) is 27.3. The third kappa shape index (κ3) is 14.1. The zero-order valence-electron chi connectivity index (χ0n) is 44.0. The van der Waals surface area contributed by atoms with E-state index in [0.717, 1.165) is 35.0 Å². The molecule has 77 heavy (non-hydrogen) atoms. The molecule has 3 heterocycles. The van der Waals surface area contributed by atoms with Crippen LogP contribution in [-0.4, -0.2) is 71.0 Å². The van der Waals surface area contributed by atoms with Crippen molar-refractivity contribution in [2.24, 2.45) is 0 Å². The zero-order chi connectivity index (χ0) is 56.0. The summed E-state index contributed by atoms with van der Waals surface area (Å²) >= 11 is 42.8. The van der Waals surface area contributed by atoms with Crippen molar-refractivity contribution in [1.82, 2.24) is 14.7 Å². The number of carbonyl (C=O) groups excluding carboxylic acids is 3. The summed E-state index contributed by atoms with van der Waals surface area (Å²) < 4.78 is 26.6. The molecule has 0 spiro atoms. The van der Waals surface area contributed by atoms with Gasteiger partial charge in [0.15, 0.2) is 9.84 Å². The van der Waals surface area contributed by atoms with Crippen molar-refractivity contribution >= 4 is 125 Å². The van der Waals surface area contributed by atoms with E-state index in [0.29, 0.717) is 76.5 Å². The first-order valence-corrected chi connectivity index (χ1v) is 31.1. The van der Waals surface area contributed by atoms with Gasteiger partial charge in [-0.3, -0.25) is 14.4 Å². The van der Waals surface area contributed by atoms with E-state index >= 15 is 0 Å². The standard InChI is InChI=1S/C21H23Cl2NO3S.C21H23Cl2NOS.C18H16BrCl2NO/c1-13(2)28(26,27)20-9-4-6-15-14(3)24(11-10-16(15)20)21(25)12-17-18(22)7-5-8-19(17)23;1-13(2)26-20-9-4-6-15-14(3)24(11-10-16(15)20)21(25)12-17-18(22)7-5-8-19(17)23;1-11-12-4-2-5-15(19)13(12)8-9-22(11)18(23)10-14-16(20)6-3-7-17(14)21/h4-9,13-14H,10-12H2,1-3H3;4-9,13-14H,10-12H2,1-3H3;2-7,11H,8-10H2,1H3/t2*14-;11-/m000/s1. The molecule has 0 saturated carbocycles. The van der Waals surface area contributed by atoms with Crippen molar-refractivity contribution in [1.29, 1.82) is 0 Å². The van der Waals surface area contributed by atoms with Gasteiger partial charge >= 0.3 is 0 Å². The van der Waals surface area contributed by atoms with Crippen LogP contribution in [0.25, 0.3) is 0 Å². The van der Waals surface area contributed by atoms with Crippen LogP contribution in [0.15, 0.2) is 123 Å². The molecule has 8 nitrogen and oxygen atoms in total. The molecule has 0 unspecified atom stereocenters. The Kier molecular flexibility index (Phi) is 21.1. The van der Waals surface area contributed by atoms with Gasteiger partial charge in [-0.1, -0.05) is 154 Å². The maximum Gasteiger partial charge on any atom is 0.227 e. The summed E-state index contributed by atoms with van der Waals surface area (Å²) in [5.41, 5.74) is 8.86. The van der Waals surface area contributed by atoms with Crippen LogP contribution in [0.1, 0.15) is 117 Å². The van der Waals surface area contributed by atoms with E-state index in [9.17, 15) is 22.8 Å². The van der Waals surface area contributed by atoms with Crippen LogP contribution in [0.5, 0.6) is 0 Å². The maximum atomic E-state index is 13.0. The predicted octanol–water partition coefficient (Wildman–Crippen LogP) is 16.5. The van der Waals surface area contributed by atoms with Gasteiger partial charge in [-0.15, -0.1) is 11.8 Å². The number of carbonyl (C=O) groups is 3. The Morgan fingerprint density at radius 1 is 0.506 bits per heavy atom. The molecular formula is C60H62BrCl6N3O5S2. The van der Waals surface area contributed by atoms with E-state index in [1.54, 1.807) is 85.5 Å². The van der Waals surface area contributed by atoms with Gasteiger partial charge in [0.2, 0.25) is 17.7 Å². The number of amides is 3. The topological polar surface area (TPSA) is 95.1 Å². The molecule has 408 valence electrons. The molecule has 0 saturated heterocycles. The minimum atomic E-state index is -3.38. The van der Waals surface area contributed by atoms with Crippen LogP contribution in [0.2, 0.25) is 30.1 Å². The van der Waals surface area contributed by atoms with Gasteiger partial charge in [-0.05, 0) is 159 Å². The Bertz CT molecular complexity index is 3230. The fourth-order valence-electron chi connectivity index (χ4n) is 10.3. The van der Waals surface area contributed by atoms with Gasteiger partial charge in [0, 0.05) is 64.4 Å². The number of halogens is 7. The molecule has 3 aliphatic heterocycles. The summed E-state index contributed by atoms with van der Waals surface area (Å²) in [4.78, 5) is 46.1. The van der Waals surface area contributed by atoms with E-state index in [1.165, 1.54) is 27.1 Å². The summed E-state index contributed by atoms with van der Waals surface area (Å²) in [5, 5.41) is 3.16. The van der Waals surface area contributed by atoms with E-state index in [-0.39, 0.29) is 55.1 Å². The molecule has 6 aromatic carbocycles. The minimum absolute atomic E-state index is 0.0463. The van der Waals surface area contributed by atoms with Crippen molar-refractivity contribution in [2.45, 2.75) is 125 Å². The second-order valence-electron chi connectivity index (χ2n) is 19.9. The van der Waals surface area contributed by atoms with Crippen LogP contribution in [-0.2, 0) is 62.7 Å². The van der Waals surface area contributed by atoms with Gasteiger partial charge in [0.1, 0.15) is 0 Å². The van der Waals surface area contributed by atoms with E-state index in [4.69, 9.17) is 69.6 Å². The van der Waals surface area contributed by atoms with E-state index in [1.807, 2.05) is 46.7 Å². The van der Waals surface area contributed by atoms with Gasteiger partial charge in [0.25, 0.3) is 0 Å². The van der Waals surface area contributed by atoms with E-state index < -0.39 is 15.1 Å². The largest absolute Gasteiger partial charge is 0.335 e. The van der Waals surface area contributed by atoms with Crippen LogP contribution >= 0.6 is 97.3 Å².